The lowest BCUT2D eigenvalue weighted by Crippen LogP contribution is -2.38. The molecular weight excluding hydrogens is 440 g/mol. The smallest absolute Gasteiger partial charge is 0.233 e. The summed E-state index contributed by atoms with van der Waals surface area (Å²) in [6.45, 7) is 1.26. The Balaban J connectivity index is 1.39. The van der Waals surface area contributed by atoms with E-state index < -0.39 is 0 Å². The lowest BCUT2D eigenvalue weighted by Gasteiger charge is -2.23. The van der Waals surface area contributed by atoms with E-state index in [0.29, 0.717) is 23.1 Å². The van der Waals surface area contributed by atoms with Crippen molar-refractivity contribution in [3.63, 3.8) is 0 Å². The second-order valence-corrected chi connectivity index (χ2v) is 9.38. The van der Waals surface area contributed by atoms with Crippen molar-refractivity contribution in [2.45, 2.75) is 25.4 Å². The zero-order chi connectivity index (χ0) is 21.9. The number of ether oxygens (including phenoxy) is 1. The van der Waals surface area contributed by atoms with E-state index in [1.54, 1.807) is 4.90 Å². The molecule has 1 amide bonds. The lowest BCUT2D eigenvalue weighted by atomic mass is 10.0. The minimum Gasteiger partial charge on any atom is -0.376 e. The number of fused-ring (bicyclic) bond motifs is 1. The van der Waals surface area contributed by atoms with Crippen LogP contribution in [-0.4, -0.2) is 30.1 Å². The lowest BCUT2D eigenvalue weighted by molar-refractivity contribution is -0.118. The molecule has 4 nitrogen and oxygen atoms in total. The van der Waals surface area contributed by atoms with Crippen LogP contribution in [0.1, 0.15) is 18.4 Å². The van der Waals surface area contributed by atoms with Gasteiger partial charge in [0.15, 0.2) is 5.13 Å². The number of carbonyl (C=O) groups is 1. The van der Waals surface area contributed by atoms with E-state index in [-0.39, 0.29) is 12.0 Å². The Morgan fingerprint density at radius 3 is 2.53 bits per heavy atom. The zero-order valence-electron chi connectivity index (χ0n) is 17.5. The molecule has 3 aromatic carbocycles. The van der Waals surface area contributed by atoms with Gasteiger partial charge in [-0.05, 0) is 41.7 Å². The molecule has 1 fully saturated rings. The molecule has 1 aromatic heterocycles. The van der Waals surface area contributed by atoms with Gasteiger partial charge >= 0.3 is 0 Å². The van der Waals surface area contributed by atoms with Crippen molar-refractivity contribution in [3.8, 4) is 11.1 Å². The van der Waals surface area contributed by atoms with E-state index in [1.165, 1.54) is 11.3 Å². The third-order valence-electron chi connectivity index (χ3n) is 5.72. The first-order valence-corrected chi connectivity index (χ1v) is 12.0. The van der Waals surface area contributed by atoms with E-state index in [9.17, 15) is 4.79 Å². The molecule has 1 unspecified atom stereocenters. The summed E-state index contributed by atoms with van der Waals surface area (Å²) >= 11 is 7.83. The average Bonchev–Trinajstić information content (AvgIpc) is 3.49. The molecule has 0 radical (unpaired) electrons. The second-order valence-electron chi connectivity index (χ2n) is 7.96. The summed E-state index contributed by atoms with van der Waals surface area (Å²) in [4.78, 5) is 19.9. The summed E-state index contributed by atoms with van der Waals surface area (Å²) in [5, 5.41) is 1.28. The predicted molar refractivity (Wildman–Crippen MR) is 132 cm³/mol. The van der Waals surface area contributed by atoms with Crippen LogP contribution >= 0.6 is 22.9 Å². The Hall–Kier alpha value is -2.73. The van der Waals surface area contributed by atoms with E-state index >= 15 is 0 Å². The quantitative estimate of drug-likeness (QED) is 0.334. The highest BCUT2D eigenvalue weighted by Gasteiger charge is 2.26. The van der Waals surface area contributed by atoms with Crippen molar-refractivity contribution in [2.75, 3.05) is 18.1 Å². The number of amides is 1. The molecule has 0 N–H and O–H groups in total. The van der Waals surface area contributed by atoms with Gasteiger partial charge in [-0.3, -0.25) is 9.69 Å². The van der Waals surface area contributed by atoms with Gasteiger partial charge in [0.2, 0.25) is 5.91 Å². The van der Waals surface area contributed by atoms with E-state index in [1.807, 2.05) is 48.5 Å². The van der Waals surface area contributed by atoms with Crippen molar-refractivity contribution >= 4 is 44.2 Å². The molecule has 1 saturated heterocycles. The number of aromatic nitrogens is 1. The van der Waals surface area contributed by atoms with Crippen LogP contribution in [0.4, 0.5) is 5.13 Å². The zero-order valence-corrected chi connectivity index (χ0v) is 19.1. The fourth-order valence-corrected chi connectivity index (χ4v) is 5.30. The van der Waals surface area contributed by atoms with Gasteiger partial charge in [0.25, 0.3) is 0 Å². The van der Waals surface area contributed by atoms with Crippen LogP contribution in [0.25, 0.3) is 21.3 Å². The SMILES string of the molecule is O=C(Cc1ccc(-c2ccccc2)cc1)N(CC1CCCO1)c1nc2c(Cl)cccc2s1. The summed E-state index contributed by atoms with van der Waals surface area (Å²) in [5.41, 5.74) is 4.02. The first-order chi connectivity index (χ1) is 15.7. The fraction of sp³-hybridized carbons (Fsp3) is 0.231. The van der Waals surface area contributed by atoms with Gasteiger partial charge in [0, 0.05) is 6.61 Å². The molecule has 162 valence electrons. The maximum Gasteiger partial charge on any atom is 0.233 e. The van der Waals surface area contributed by atoms with Crippen LogP contribution in [0.5, 0.6) is 0 Å². The first-order valence-electron chi connectivity index (χ1n) is 10.8. The van der Waals surface area contributed by atoms with Crippen molar-refractivity contribution in [1.29, 1.82) is 0 Å². The third-order valence-corrected chi connectivity index (χ3v) is 7.07. The van der Waals surface area contributed by atoms with Crippen molar-refractivity contribution in [2.24, 2.45) is 0 Å². The second kappa shape index (κ2) is 9.41. The molecule has 0 spiro atoms. The fourth-order valence-electron chi connectivity index (χ4n) is 4.01. The van der Waals surface area contributed by atoms with Gasteiger partial charge in [0.05, 0.1) is 28.8 Å². The Bertz CT molecular complexity index is 1220. The molecular formula is C26H23ClN2O2S. The molecule has 6 heteroatoms. The molecule has 1 aliphatic heterocycles. The van der Waals surface area contributed by atoms with Gasteiger partial charge in [0.1, 0.15) is 5.52 Å². The van der Waals surface area contributed by atoms with Crippen LogP contribution in [0.15, 0.2) is 72.8 Å². The highest BCUT2D eigenvalue weighted by molar-refractivity contribution is 7.22. The highest BCUT2D eigenvalue weighted by atomic mass is 35.5. The number of carbonyl (C=O) groups excluding carboxylic acids is 1. The normalized spacial score (nSPS) is 15.8. The van der Waals surface area contributed by atoms with Gasteiger partial charge in [-0.15, -0.1) is 0 Å². The molecule has 1 atom stereocenters. The summed E-state index contributed by atoms with van der Waals surface area (Å²) in [6, 6.07) is 24.2. The number of para-hydroxylation sites is 1. The van der Waals surface area contributed by atoms with Gasteiger partial charge in [-0.1, -0.05) is 83.6 Å². The number of halogens is 1. The summed E-state index contributed by atoms with van der Waals surface area (Å²) in [7, 11) is 0. The monoisotopic (exact) mass is 462 g/mol. The standard InChI is InChI=1S/C26H23ClN2O2S/c27-22-9-4-10-23-25(22)28-26(32-23)29(17-21-8-5-15-31-21)24(30)16-18-11-13-20(14-12-18)19-6-2-1-3-7-19/h1-4,6-7,9-14,21H,5,8,15-17H2. The average molecular weight is 463 g/mol. The van der Waals surface area contributed by atoms with Gasteiger partial charge in [-0.2, -0.15) is 0 Å². The predicted octanol–water partition coefficient (Wildman–Crippen LogP) is 6.37. The maximum absolute atomic E-state index is 13.4. The summed E-state index contributed by atoms with van der Waals surface area (Å²) < 4.78 is 6.80. The number of hydrogen-bond donors (Lipinski definition) is 0. The number of anilines is 1. The largest absolute Gasteiger partial charge is 0.376 e. The van der Waals surface area contributed by atoms with Crippen LogP contribution in [0.2, 0.25) is 5.02 Å². The summed E-state index contributed by atoms with van der Waals surface area (Å²) in [6.07, 6.45) is 2.34. The van der Waals surface area contributed by atoms with Gasteiger partial charge < -0.3 is 4.74 Å². The molecule has 0 aliphatic carbocycles. The van der Waals surface area contributed by atoms with Crippen LogP contribution in [0.3, 0.4) is 0 Å². The number of nitrogens with zero attached hydrogens (tertiary/aromatic N) is 2. The molecule has 4 aromatic rings. The van der Waals surface area contributed by atoms with Crippen LogP contribution < -0.4 is 4.90 Å². The molecule has 2 heterocycles. The van der Waals surface area contributed by atoms with Crippen LogP contribution in [0, 0.1) is 0 Å². The number of thiazole rings is 1. The van der Waals surface area contributed by atoms with E-state index in [0.717, 1.165) is 46.4 Å². The highest BCUT2D eigenvalue weighted by Crippen LogP contribution is 2.34. The topological polar surface area (TPSA) is 42.4 Å². The molecule has 32 heavy (non-hydrogen) atoms. The number of rotatable bonds is 6. The Morgan fingerprint density at radius 1 is 1.03 bits per heavy atom. The van der Waals surface area contributed by atoms with Gasteiger partial charge in [-0.25, -0.2) is 4.98 Å². The Labute approximate surface area is 196 Å². The van der Waals surface area contributed by atoms with E-state index in [4.69, 9.17) is 21.3 Å². The van der Waals surface area contributed by atoms with Crippen molar-refractivity contribution < 1.29 is 9.53 Å². The minimum atomic E-state index is 0.0168. The summed E-state index contributed by atoms with van der Waals surface area (Å²) in [5.74, 6) is 0.0168. The minimum absolute atomic E-state index is 0.0168. The number of benzene rings is 3. The molecule has 0 saturated carbocycles. The molecule has 5 rings (SSSR count). The Kier molecular flexibility index (Phi) is 6.21. The van der Waals surface area contributed by atoms with Crippen LogP contribution in [-0.2, 0) is 16.0 Å². The van der Waals surface area contributed by atoms with Crippen molar-refractivity contribution in [3.05, 3.63) is 83.4 Å². The van der Waals surface area contributed by atoms with Crippen molar-refractivity contribution in [1.82, 2.24) is 4.98 Å². The van der Waals surface area contributed by atoms with E-state index in [2.05, 4.69) is 24.3 Å². The number of hydrogen-bond acceptors (Lipinski definition) is 4. The molecule has 1 aliphatic rings. The molecule has 0 bridgehead atoms. The Morgan fingerprint density at radius 2 is 1.81 bits per heavy atom. The maximum atomic E-state index is 13.4. The first kappa shape index (κ1) is 21.1. The third kappa shape index (κ3) is 4.56.